The van der Waals surface area contributed by atoms with Crippen molar-refractivity contribution >= 4 is 28.3 Å². The van der Waals surface area contributed by atoms with Crippen molar-refractivity contribution in [3.8, 4) is 0 Å². The fourth-order valence-corrected chi connectivity index (χ4v) is 2.86. The highest BCUT2D eigenvalue weighted by Crippen LogP contribution is 2.16. The zero-order chi connectivity index (χ0) is 20.9. The summed E-state index contributed by atoms with van der Waals surface area (Å²) < 4.78 is 1.88. The van der Waals surface area contributed by atoms with E-state index in [1.807, 2.05) is 50.2 Å². The van der Waals surface area contributed by atoms with Crippen LogP contribution in [0.25, 0.3) is 10.9 Å². The van der Waals surface area contributed by atoms with Crippen LogP contribution >= 0.6 is 0 Å². The van der Waals surface area contributed by atoms with Gasteiger partial charge in [-0.15, -0.1) is 0 Å². The van der Waals surface area contributed by atoms with E-state index in [1.54, 1.807) is 12.5 Å². The van der Waals surface area contributed by atoms with Crippen LogP contribution in [0.15, 0.2) is 47.3 Å². The number of aryl methyl sites for hydroxylation is 1. The summed E-state index contributed by atoms with van der Waals surface area (Å²) >= 11 is 0. The number of rotatable bonds is 0. The zero-order valence-electron chi connectivity index (χ0n) is 17.0. The molecule has 30 heavy (non-hydrogen) atoms. The quantitative estimate of drug-likeness (QED) is 0.354. The Hall–Kier alpha value is -4.02. The molecule has 0 unspecified atom stereocenters. The molecule has 2 aliphatic rings. The molecule has 0 atom stereocenters. The first-order valence-corrected chi connectivity index (χ1v) is 9.44. The zero-order valence-corrected chi connectivity index (χ0v) is 17.0. The second kappa shape index (κ2) is 8.55. The van der Waals surface area contributed by atoms with E-state index in [9.17, 15) is 0 Å². The molecule has 0 saturated carbocycles. The number of nitrogens with zero attached hydrogens (tertiary/aromatic N) is 7. The average molecular weight is 405 g/mol. The topological polar surface area (TPSA) is 137 Å². The predicted octanol–water partition coefficient (Wildman–Crippen LogP) is 2.38. The lowest BCUT2D eigenvalue weighted by atomic mass is 10.3. The summed E-state index contributed by atoms with van der Waals surface area (Å²) in [5, 5.41) is 10.9. The van der Waals surface area contributed by atoms with Gasteiger partial charge in [-0.25, -0.2) is 19.6 Å². The van der Waals surface area contributed by atoms with E-state index in [0.717, 1.165) is 52.0 Å². The molecule has 6 heterocycles. The van der Waals surface area contributed by atoms with Gasteiger partial charge in [-0.2, -0.15) is 5.10 Å². The summed E-state index contributed by atoms with van der Waals surface area (Å²) in [6.45, 7) is 7.21. The van der Waals surface area contributed by atoms with Gasteiger partial charge in [0.2, 0.25) is 0 Å². The van der Waals surface area contributed by atoms with Crippen molar-refractivity contribution in [2.45, 2.75) is 33.9 Å². The van der Waals surface area contributed by atoms with Crippen molar-refractivity contribution in [1.29, 1.82) is 0 Å². The number of aromatic amines is 2. The van der Waals surface area contributed by atoms with Crippen molar-refractivity contribution in [3.05, 3.63) is 54.5 Å². The molecule has 0 aliphatic carbocycles. The predicted molar refractivity (Wildman–Crippen MR) is 116 cm³/mol. The van der Waals surface area contributed by atoms with E-state index in [4.69, 9.17) is 0 Å². The fraction of sp³-hybridized carbons (Fsp3) is 0.263. The molecule has 0 fully saturated rings. The monoisotopic (exact) mass is 405 g/mol. The molecule has 6 rings (SSSR count). The third kappa shape index (κ3) is 4.51. The molecule has 0 spiro atoms. The number of H-pyrrole nitrogens is 2. The normalized spacial score (nSPS) is 13.8. The van der Waals surface area contributed by atoms with Gasteiger partial charge in [0.25, 0.3) is 0 Å². The minimum absolute atomic E-state index is 0.716. The summed E-state index contributed by atoms with van der Waals surface area (Å²) in [5.74, 6) is 2.70. The van der Waals surface area contributed by atoms with Gasteiger partial charge < -0.3 is 10.3 Å². The Morgan fingerprint density at radius 1 is 0.967 bits per heavy atom. The highest BCUT2D eigenvalue weighted by atomic mass is 15.5. The Balaban J connectivity index is 0.000000109. The molecule has 154 valence electrons. The van der Waals surface area contributed by atoms with Gasteiger partial charge in [0.05, 0.1) is 53.9 Å². The summed E-state index contributed by atoms with van der Waals surface area (Å²) in [7, 11) is 0. The third-order valence-electron chi connectivity index (χ3n) is 4.41. The smallest absolute Gasteiger partial charge is 0.125 e. The molecule has 11 heteroatoms. The molecule has 4 aromatic heterocycles. The number of imidazole rings is 1. The second-order valence-electron chi connectivity index (χ2n) is 6.77. The van der Waals surface area contributed by atoms with E-state index >= 15 is 0 Å². The summed E-state index contributed by atoms with van der Waals surface area (Å²) in [6.07, 6.45) is 10.9. The average Bonchev–Trinajstić information content (AvgIpc) is 3.48. The number of hydrogen-bond acceptors (Lipinski definition) is 8. The van der Waals surface area contributed by atoms with Gasteiger partial charge in [0.1, 0.15) is 18.0 Å². The van der Waals surface area contributed by atoms with E-state index in [0.29, 0.717) is 6.54 Å². The van der Waals surface area contributed by atoms with Gasteiger partial charge in [0, 0.05) is 24.0 Å². The van der Waals surface area contributed by atoms with Crippen molar-refractivity contribution in [1.82, 2.24) is 34.8 Å². The van der Waals surface area contributed by atoms with Crippen LogP contribution in [0.3, 0.4) is 0 Å². The first kappa shape index (κ1) is 19.3. The molecule has 11 nitrogen and oxygen atoms in total. The lowest BCUT2D eigenvalue weighted by Gasteiger charge is -2.13. The largest absolute Gasteiger partial charge is 0.365 e. The standard InChI is InChI=1S/C7H7N3.2C6H8N4/c1-5-9-3-6-2-8-4-7(6)10-5;1-5-8-3-6-2-7-4-10(6)9-5;1-4-7-2-6-5(9-4)3-8-10-6/h2-4,8H,1H3;2,4H,3H2,1H3,(H,8,9);3H,2H2,1H3,(H,7,9)(H,8,10). The van der Waals surface area contributed by atoms with Crippen molar-refractivity contribution in [3.63, 3.8) is 0 Å². The molecule has 0 bridgehead atoms. The third-order valence-corrected chi connectivity index (χ3v) is 4.41. The fourth-order valence-electron chi connectivity index (χ4n) is 2.86. The molecule has 2 aliphatic heterocycles. The number of fused-ring (bicyclic) bond motifs is 3. The first-order valence-electron chi connectivity index (χ1n) is 9.44. The minimum atomic E-state index is 0.716. The Kier molecular flexibility index (Phi) is 5.50. The molecule has 4 N–H and O–H groups in total. The Morgan fingerprint density at radius 2 is 1.83 bits per heavy atom. The Labute approximate surface area is 172 Å². The first-order chi connectivity index (χ1) is 14.6. The van der Waals surface area contributed by atoms with E-state index in [2.05, 4.69) is 50.9 Å². The van der Waals surface area contributed by atoms with Crippen molar-refractivity contribution in [2.24, 2.45) is 9.98 Å². The maximum absolute atomic E-state index is 4.19. The van der Waals surface area contributed by atoms with Gasteiger partial charge in [-0.1, -0.05) is 0 Å². The number of anilines is 1. The van der Waals surface area contributed by atoms with Gasteiger partial charge in [0.15, 0.2) is 0 Å². The van der Waals surface area contributed by atoms with E-state index in [1.165, 1.54) is 0 Å². The molecule has 0 saturated heterocycles. The van der Waals surface area contributed by atoms with Gasteiger partial charge in [-0.05, 0) is 20.8 Å². The molecule has 0 amide bonds. The van der Waals surface area contributed by atoms with Crippen molar-refractivity contribution < 1.29 is 0 Å². The van der Waals surface area contributed by atoms with Gasteiger partial charge in [-0.3, -0.25) is 20.5 Å². The number of hydrogen-bond donors (Lipinski definition) is 4. The molecular formula is C19H23N11. The number of amidine groups is 2. The molecular weight excluding hydrogens is 382 g/mol. The number of aromatic nitrogens is 7. The SMILES string of the molecule is CC1=NCc2[nH]ncc2N1.CC1=NCc2cncn2N1.Cc1ncc2c[nH]cc2n1. The maximum Gasteiger partial charge on any atom is 0.125 e. The van der Waals surface area contributed by atoms with Crippen LogP contribution in [0.4, 0.5) is 5.69 Å². The second-order valence-corrected chi connectivity index (χ2v) is 6.77. The number of aliphatic imine (C=N–C) groups is 2. The molecule has 4 aromatic rings. The summed E-state index contributed by atoms with van der Waals surface area (Å²) in [6, 6.07) is 0. The summed E-state index contributed by atoms with van der Waals surface area (Å²) in [4.78, 5) is 23.5. The summed E-state index contributed by atoms with van der Waals surface area (Å²) in [5.41, 5.74) is 7.23. The molecule has 0 radical (unpaired) electrons. The van der Waals surface area contributed by atoms with Crippen LogP contribution in [0, 0.1) is 6.92 Å². The highest BCUT2D eigenvalue weighted by molar-refractivity contribution is 5.95. The Bertz CT molecular complexity index is 1140. The van der Waals surface area contributed by atoms with Crippen LogP contribution in [0.2, 0.25) is 0 Å². The highest BCUT2D eigenvalue weighted by Gasteiger charge is 2.08. The minimum Gasteiger partial charge on any atom is -0.365 e. The van der Waals surface area contributed by atoms with Gasteiger partial charge >= 0.3 is 0 Å². The van der Waals surface area contributed by atoms with Crippen LogP contribution < -0.4 is 10.7 Å². The van der Waals surface area contributed by atoms with Crippen LogP contribution in [0.5, 0.6) is 0 Å². The molecule has 0 aromatic carbocycles. The van der Waals surface area contributed by atoms with E-state index in [-0.39, 0.29) is 0 Å². The lowest BCUT2D eigenvalue weighted by Crippen LogP contribution is -2.25. The van der Waals surface area contributed by atoms with Crippen molar-refractivity contribution in [2.75, 3.05) is 10.7 Å². The van der Waals surface area contributed by atoms with Crippen LogP contribution in [0.1, 0.15) is 31.1 Å². The van der Waals surface area contributed by atoms with E-state index < -0.39 is 0 Å². The maximum atomic E-state index is 4.19. The lowest BCUT2D eigenvalue weighted by molar-refractivity contribution is 0.823. The number of nitrogens with one attached hydrogen (secondary N) is 4. The van der Waals surface area contributed by atoms with Crippen LogP contribution in [-0.4, -0.2) is 46.5 Å². The Morgan fingerprint density at radius 3 is 2.73 bits per heavy atom. The van der Waals surface area contributed by atoms with Crippen LogP contribution in [-0.2, 0) is 13.1 Å².